The molecule has 1 aliphatic rings. The Morgan fingerprint density at radius 2 is 2.41 bits per heavy atom. The number of nitrogens with one attached hydrogen (secondary N) is 1. The van der Waals surface area contributed by atoms with Crippen molar-refractivity contribution in [2.45, 2.75) is 18.5 Å². The topological polar surface area (TPSA) is 52.6 Å². The maximum Gasteiger partial charge on any atom is 0.305 e. The molecule has 2 heterocycles. The van der Waals surface area contributed by atoms with Crippen LogP contribution in [0.25, 0.3) is 0 Å². The van der Waals surface area contributed by atoms with Gasteiger partial charge in [-0.3, -0.25) is 9.69 Å². The van der Waals surface area contributed by atoms with Gasteiger partial charge in [0.05, 0.1) is 15.7 Å². The van der Waals surface area contributed by atoms with Gasteiger partial charge in [0.2, 0.25) is 0 Å². The fraction of sp³-hybridized carbons (Fsp3) is 0.545. The highest BCUT2D eigenvalue weighted by molar-refractivity contribution is 9.11. The lowest BCUT2D eigenvalue weighted by Crippen LogP contribution is -2.68. The maximum atomic E-state index is 10.9. The van der Waals surface area contributed by atoms with Gasteiger partial charge in [-0.2, -0.15) is 0 Å². The molecule has 1 fully saturated rings. The molecule has 0 aliphatic carbocycles. The molecular weight excluding hydrogens is 304 g/mol. The van der Waals surface area contributed by atoms with Crippen LogP contribution in [0.15, 0.2) is 15.2 Å². The normalized spacial score (nSPS) is 18.1. The molecule has 0 atom stereocenters. The van der Waals surface area contributed by atoms with Crippen molar-refractivity contribution in [2.75, 3.05) is 20.1 Å². The molecule has 94 valence electrons. The average molecular weight is 319 g/mol. The number of rotatable bonds is 5. The minimum atomic E-state index is -0.732. The van der Waals surface area contributed by atoms with E-state index in [1.807, 2.05) is 7.05 Å². The Balaban J connectivity index is 2.02. The van der Waals surface area contributed by atoms with E-state index in [4.69, 9.17) is 5.11 Å². The summed E-state index contributed by atoms with van der Waals surface area (Å²) in [6.45, 7) is 2.29. The quantitative estimate of drug-likeness (QED) is 0.868. The van der Waals surface area contributed by atoms with Crippen molar-refractivity contribution in [3.8, 4) is 0 Å². The van der Waals surface area contributed by atoms with Gasteiger partial charge in [-0.25, -0.2) is 0 Å². The minimum absolute atomic E-state index is 0.196. The first kappa shape index (κ1) is 13.0. The Hall–Kier alpha value is -0.430. The van der Waals surface area contributed by atoms with Crippen molar-refractivity contribution in [3.63, 3.8) is 0 Å². The van der Waals surface area contributed by atoms with Crippen LogP contribution >= 0.6 is 27.3 Å². The van der Waals surface area contributed by atoms with Crippen LogP contribution in [0.2, 0.25) is 0 Å². The molecule has 6 heteroatoms. The second-order valence-electron chi connectivity index (χ2n) is 4.51. The Kier molecular flexibility index (Phi) is 3.87. The molecule has 1 aromatic rings. The summed E-state index contributed by atoms with van der Waals surface area (Å²) in [5, 5.41) is 14.2. The largest absolute Gasteiger partial charge is 0.481 e. The number of aliphatic carboxylic acids is 1. The lowest BCUT2D eigenvalue weighted by atomic mass is 9.86. The van der Waals surface area contributed by atoms with E-state index in [0.29, 0.717) is 0 Å². The van der Waals surface area contributed by atoms with Crippen LogP contribution in [0.5, 0.6) is 0 Å². The number of hydrogen-bond donors (Lipinski definition) is 2. The molecule has 1 aromatic heterocycles. The van der Waals surface area contributed by atoms with E-state index in [0.717, 1.165) is 23.4 Å². The second-order valence-corrected chi connectivity index (χ2v) is 6.80. The highest BCUT2D eigenvalue weighted by Gasteiger charge is 2.42. The first-order chi connectivity index (χ1) is 8.02. The van der Waals surface area contributed by atoms with Crippen LogP contribution in [0, 0.1) is 0 Å². The molecule has 1 aliphatic heterocycles. The van der Waals surface area contributed by atoms with Gasteiger partial charge < -0.3 is 10.4 Å². The fourth-order valence-electron chi connectivity index (χ4n) is 2.10. The monoisotopic (exact) mass is 318 g/mol. The van der Waals surface area contributed by atoms with Gasteiger partial charge in [0.15, 0.2) is 0 Å². The molecule has 1 saturated heterocycles. The van der Waals surface area contributed by atoms with Crippen molar-refractivity contribution in [1.29, 1.82) is 0 Å². The van der Waals surface area contributed by atoms with Crippen molar-refractivity contribution in [3.05, 3.63) is 20.8 Å². The SMILES string of the molecule is CN(Cc1csc(Br)c1)C1(CC(=O)O)CNC1. The van der Waals surface area contributed by atoms with Crippen molar-refractivity contribution in [1.82, 2.24) is 10.2 Å². The molecule has 17 heavy (non-hydrogen) atoms. The number of carboxylic acids is 1. The molecule has 0 spiro atoms. The Labute approximate surface area is 113 Å². The van der Waals surface area contributed by atoms with Crippen LogP contribution in [-0.2, 0) is 11.3 Å². The maximum absolute atomic E-state index is 10.9. The zero-order valence-electron chi connectivity index (χ0n) is 9.57. The smallest absolute Gasteiger partial charge is 0.305 e. The predicted octanol–water partition coefficient (Wildman–Crippen LogP) is 1.76. The van der Waals surface area contributed by atoms with Crippen LogP contribution < -0.4 is 5.32 Å². The lowest BCUT2D eigenvalue weighted by Gasteiger charge is -2.48. The number of hydrogen-bond acceptors (Lipinski definition) is 4. The third-order valence-corrected chi connectivity index (χ3v) is 4.79. The van der Waals surface area contributed by atoms with E-state index >= 15 is 0 Å². The summed E-state index contributed by atoms with van der Waals surface area (Å²) >= 11 is 5.09. The van der Waals surface area contributed by atoms with Gasteiger partial charge in [-0.15, -0.1) is 11.3 Å². The van der Waals surface area contributed by atoms with E-state index in [-0.39, 0.29) is 12.0 Å². The van der Waals surface area contributed by atoms with Crippen LogP contribution in [-0.4, -0.2) is 41.7 Å². The van der Waals surface area contributed by atoms with Crippen molar-refractivity contribution in [2.24, 2.45) is 0 Å². The van der Waals surface area contributed by atoms with Gasteiger partial charge in [0.1, 0.15) is 0 Å². The summed E-state index contributed by atoms with van der Waals surface area (Å²) in [6.07, 6.45) is 0.196. The molecule has 0 saturated carbocycles. The number of carbonyl (C=O) groups is 1. The number of likely N-dealkylation sites (N-methyl/N-ethyl adjacent to an activating group) is 1. The van der Waals surface area contributed by atoms with Crippen LogP contribution in [0.1, 0.15) is 12.0 Å². The lowest BCUT2D eigenvalue weighted by molar-refractivity contribution is -0.141. The molecule has 2 N–H and O–H groups in total. The molecule has 0 radical (unpaired) electrons. The Bertz CT molecular complexity index is 417. The van der Waals surface area contributed by atoms with E-state index in [9.17, 15) is 4.79 Å². The number of carboxylic acid groups (broad SMARTS) is 1. The summed E-state index contributed by atoms with van der Waals surface area (Å²) in [4.78, 5) is 13.1. The van der Waals surface area contributed by atoms with E-state index in [1.54, 1.807) is 11.3 Å². The van der Waals surface area contributed by atoms with E-state index in [2.05, 4.69) is 37.6 Å². The van der Waals surface area contributed by atoms with Crippen molar-refractivity contribution >= 4 is 33.2 Å². The fourth-order valence-corrected chi connectivity index (χ4v) is 3.30. The summed E-state index contributed by atoms with van der Waals surface area (Å²) in [6, 6.07) is 2.09. The molecular formula is C11H15BrN2O2S. The third-order valence-electron chi connectivity index (χ3n) is 3.24. The van der Waals surface area contributed by atoms with Gasteiger partial charge in [0.25, 0.3) is 0 Å². The number of thiophene rings is 1. The standard InChI is InChI=1S/C11H15BrN2O2S/c1-14(4-8-2-9(12)17-5-8)11(3-10(15)16)6-13-7-11/h2,5,13H,3-4,6-7H2,1H3,(H,15,16). The van der Waals surface area contributed by atoms with Gasteiger partial charge in [-0.05, 0) is 40.0 Å². The first-order valence-corrected chi connectivity index (χ1v) is 7.06. The van der Waals surface area contributed by atoms with Gasteiger partial charge >= 0.3 is 5.97 Å². The average Bonchev–Trinajstić information content (AvgIpc) is 2.57. The van der Waals surface area contributed by atoms with Crippen LogP contribution in [0.3, 0.4) is 0 Å². The molecule has 0 bridgehead atoms. The zero-order valence-corrected chi connectivity index (χ0v) is 12.0. The number of nitrogens with zero attached hydrogens (tertiary/aromatic N) is 1. The van der Waals surface area contributed by atoms with E-state index in [1.165, 1.54) is 5.56 Å². The summed E-state index contributed by atoms with van der Waals surface area (Å²) in [5.41, 5.74) is 1.00. The first-order valence-electron chi connectivity index (χ1n) is 5.38. The Morgan fingerprint density at radius 3 is 2.82 bits per heavy atom. The molecule has 0 amide bonds. The minimum Gasteiger partial charge on any atom is -0.481 e. The predicted molar refractivity (Wildman–Crippen MR) is 71.3 cm³/mol. The molecule has 0 aromatic carbocycles. The summed E-state index contributed by atoms with van der Waals surface area (Å²) in [5.74, 6) is -0.732. The van der Waals surface area contributed by atoms with E-state index < -0.39 is 5.97 Å². The highest BCUT2D eigenvalue weighted by atomic mass is 79.9. The second kappa shape index (κ2) is 5.06. The Morgan fingerprint density at radius 1 is 1.71 bits per heavy atom. The van der Waals surface area contributed by atoms with Crippen LogP contribution in [0.4, 0.5) is 0 Å². The summed E-state index contributed by atoms with van der Waals surface area (Å²) in [7, 11) is 2.00. The highest BCUT2D eigenvalue weighted by Crippen LogP contribution is 2.27. The van der Waals surface area contributed by atoms with Crippen molar-refractivity contribution < 1.29 is 9.90 Å². The summed E-state index contributed by atoms with van der Waals surface area (Å²) < 4.78 is 1.11. The molecule has 4 nitrogen and oxygen atoms in total. The molecule has 0 unspecified atom stereocenters. The number of halogens is 1. The molecule has 2 rings (SSSR count). The third kappa shape index (κ3) is 2.88. The zero-order chi connectivity index (χ0) is 12.5. The van der Waals surface area contributed by atoms with Gasteiger partial charge in [0, 0.05) is 19.6 Å². The van der Waals surface area contributed by atoms with Gasteiger partial charge in [-0.1, -0.05) is 0 Å².